The summed E-state index contributed by atoms with van der Waals surface area (Å²) in [6.45, 7) is 1.46. The first-order valence-corrected chi connectivity index (χ1v) is 4.85. The maximum absolute atomic E-state index is 11.3. The van der Waals surface area contributed by atoms with Crippen molar-refractivity contribution >= 4 is 18.2 Å². The Morgan fingerprint density at radius 3 is 2.76 bits per heavy atom. The summed E-state index contributed by atoms with van der Waals surface area (Å²) in [5.41, 5.74) is 5.23. The van der Waals surface area contributed by atoms with Crippen molar-refractivity contribution in [3.8, 4) is 5.75 Å². The third kappa shape index (κ3) is 3.94. The van der Waals surface area contributed by atoms with Gasteiger partial charge in [0, 0.05) is 5.56 Å². The Hall–Kier alpha value is -2.37. The summed E-state index contributed by atoms with van der Waals surface area (Å²) in [6, 6.07) is 5.38. The fourth-order valence-electron chi connectivity index (χ4n) is 1.14. The van der Waals surface area contributed by atoms with Crippen molar-refractivity contribution in [2.24, 2.45) is 5.73 Å². The molecule has 0 saturated carbocycles. The van der Waals surface area contributed by atoms with Gasteiger partial charge >= 0.3 is 6.03 Å². The van der Waals surface area contributed by atoms with Crippen LogP contribution in [0.25, 0.3) is 0 Å². The summed E-state index contributed by atoms with van der Waals surface area (Å²) in [4.78, 5) is 32.3. The zero-order valence-corrected chi connectivity index (χ0v) is 9.17. The maximum atomic E-state index is 11.3. The molecule has 0 fully saturated rings. The van der Waals surface area contributed by atoms with Crippen molar-refractivity contribution in [2.75, 3.05) is 0 Å². The van der Waals surface area contributed by atoms with Gasteiger partial charge in [-0.05, 0) is 19.1 Å². The first-order chi connectivity index (χ1) is 8.02. The molecule has 1 atom stereocenters. The average Bonchev–Trinajstić information content (AvgIpc) is 2.28. The molecule has 0 radical (unpaired) electrons. The van der Waals surface area contributed by atoms with Gasteiger partial charge in [-0.2, -0.15) is 0 Å². The standard InChI is InChI=1S/C11H12N2O4/c1-7(10(15)13-11(12)16)17-9-4-2-3-8(5-9)6-14/h2-7H,1H3,(H3,12,13,15,16). The predicted octanol–water partition coefficient (Wildman–Crippen LogP) is 0.461. The fourth-order valence-corrected chi connectivity index (χ4v) is 1.14. The second kappa shape index (κ2) is 5.64. The van der Waals surface area contributed by atoms with Crippen molar-refractivity contribution < 1.29 is 19.1 Å². The number of nitrogens with one attached hydrogen (secondary N) is 1. The van der Waals surface area contributed by atoms with Crippen molar-refractivity contribution in [2.45, 2.75) is 13.0 Å². The third-order valence-corrected chi connectivity index (χ3v) is 1.92. The molecule has 90 valence electrons. The molecular weight excluding hydrogens is 224 g/mol. The quantitative estimate of drug-likeness (QED) is 0.742. The maximum Gasteiger partial charge on any atom is 0.318 e. The molecule has 17 heavy (non-hydrogen) atoms. The Morgan fingerprint density at radius 1 is 1.47 bits per heavy atom. The minimum Gasteiger partial charge on any atom is -0.481 e. The number of primary amides is 1. The molecule has 0 heterocycles. The molecule has 0 bridgehead atoms. The highest BCUT2D eigenvalue weighted by Gasteiger charge is 2.15. The lowest BCUT2D eigenvalue weighted by Crippen LogP contribution is -2.42. The van der Waals surface area contributed by atoms with Crippen LogP contribution in [0.1, 0.15) is 17.3 Å². The first-order valence-electron chi connectivity index (χ1n) is 4.85. The number of carbonyl (C=O) groups excluding carboxylic acids is 3. The number of rotatable bonds is 4. The molecule has 0 aliphatic carbocycles. The monoisotopic (exact) mass is 236 g/mol. The second-order valence-electron chi connectivity index (χ2n) is 3.30. The lowest BCUT2D eigenvalue weighted by atomic mass is 10.2. The molecule has 1 aromatic rings. The fraction of sp³-hybridized carbons (Fsp3) is 0.182. The summed E-state index contributed by atoms with van der Waals surface area (Å²) >= 11 is 0. The van der Waals surface area contributed by atoms with E-state index in [1.807, 2.05) is 5.32 Å². The van der Waals surface area contributed by atoms with Gasteiger partial charge in [-0.1, -0.05) is 12.1 Å². The van der Waals surface area contributed by atoms with Gasteiger partial charge in [0.1, 0.15) is 12.0 Å². The van der Waals surface area contributed by atoms with Crippen LogP contribution in [0, 0.1) is 0 Å². The molecule has 1 aromatic carbocycles. The van der Waals surface area contributed by atoms with Crippen LogP contribution in [0.3, 0.4) is 0 Å². The molecule has 1 unspecified atom stereocenters. The molecule has 3 amide bonds. The number of hydrogen-bond acceptors (Lipinski definition) is 4. The van der Waals surface area contributed by atoms with Gasteiger partial charge in [0.15, 0.2) is 6.10 Å². The SMILES string of the molecule is CC(Oc1cccc(C=O)c1)C(=O)NC(N)=O. The van der Waals surface area contributed by atoms with Crippen molar-refractivity contribution in [3.63, 3.8) is 0 Å². The molecular formula is C11H12N2O4. The predicted molar refractivity (Wildman–Crippen MR) is 59.6 cm³/mol. The molecule has 1 rings (SSSR count). The number of ether oxygens (including phenoxy) is 1. The molecule has 0 spiro atoms. The summed E-state index contributed by atoms with van der Waals surface area (Å²) in [7, 11) is 0. The topological polar surface area (TPSA) is 98.5 Å². The largest absolute Gasteiger partial charge is 0.481 e. The smallest absolute Gasteiger partial charge is 0.318 e. The molecule has 6 heteroatoms. The van der Waals surface area contributed by atoms with Gasteiger partial charge in [-0.25, -0.2) is 4.79 Å². The number of benzene rings is 1. The molecule has 3 N–H and O–H groups in total. The van der Waals surface area contributed by atoms with E-state index in [0.717, 1.165) is 0 Å². The second-order valence-corrected chi connectivity index (χ2v) is 3.30. The van der Waals surface area contributed by atoms with Crippen molar-refractivity contribution in [1.29, 1.82) is 0 Å². The van der Waals surface area contributed by atoms with E-state index in [2.05, 4.69) is 0 Å². The molecule has 0 aliphatic rings. The van der Waals surface area contributed by atoms with E-state index in [-0.39, 0.29) is 0 Å². The van der Waals surface area contributed by atoms with Crippen LogP contribution < -0.4 is 15.8 Å². The summed E-state index contributed by atoms with van der Waals surface area (Å²) in [5, 5.41) is 1.90. The highest BCUT2D eigenvalue weighted by Crippen LogP contribution is 2.13. The minimum atomic E-state index is -0.938. The van der Waals surface area contributed by atoms with E-state index in [9.17, 15) is 14.4 Å². The normalized spacial score (nSPS) is 11.4. The number of urea groups is 1. The van der Waals surface area contributed by atoms with Crippen LogP contribution in [0.4, 0.5) is 4.79 Å². The van der Waals surface area contributed by atoms with Gasteiger partial charge in [0.25, 0.3) is 5.91 Å². The Labute approximate surface area is 97.7 Å². The highest BCUT2D eigenvalue weighted by molar-refractivity contribution is 5.95. The van der Waals surface area contributed by atoms with E-state index in [4.69, 9.17) is 10.5 Å². The van der Waals surface area contributed by atoms with Crippen LogP contribution in [0.2, 0.25) is 0 Å². The summed E-state index contributed by atoms with van der Waals surface area (Å²) in [5.74, 6) is -0.282. The zero-order valence-electron chi connectivity index (χ0n) is 9.17. The van der Waals surface area contributed by atoms with Crippen LogP contribution >= 0.6 is 0 Å². The third-order valence-electron chi connectivity index (χ3n) is 1.92. The molecule has 6 nitrogen and oxygen atoms in total. The van der Waals surface area contributed by atoms with Crippen LogP contribution in [-0.4, -0.2) is 24.3 Å². The van der Waals surface area contributed by atoms with Gasteiger partial charge in [-0.15, -0.1) is 0 Å². The molecule has 0 aliphatic heterocycles. The van der Waals surface area contributed by atoms with Gasteiger partial charge in [0.2, 0.25) is 0 Å². The Bertz CT molecular complexity index is 445. The molecule has 0 saturated heterocycles. The van der Waals surface area contributed by atoms with E-state index < -0.39 is 18.0 Å². The van der Waals surface area contributed by atoms with E-state index in [1.165, 1.54) is 13.0 Å². The van der Waals surface area contributed by atoms with Crippen LogP contribution in [0.5, 0.6) is 5.75 Å². The van der Waals surface area contributed by atoms with Crippen molar-refractivity contribution in [3.05, 3.63) is 29.8 Å². The lowest BCUT2D eigenvalue weighted by molar-refractivity contribution is -0.126. The average molecular weight is 236 g/mol. The number of amides is 3. The number of nitrogens with two attached hydrogens (primary N) is 1. The number of carbonyl (C=O) groups is 3. The van der Waals surface area contributed by atoms with Crippen LogP contribution in [-0.2, 0) is 4.79 Å². The number of hydrogen-bond donors (Lipinski definition) is 2. The number of imide groups is 1. The van der Waals surface area contributed by atoms with E-state index >= 15 is 0 Å². The Kier molecular flexibility index (Phi) is 4.21. The zero-order chi connectivity index (χ0) is 12.8. The number of aldehydes is 1. The Morgan fingerprint density at radius 2 is 2.18 bits per heavy atom. The van der Waals surface area contributed by atoms with Crippen molar-refractivity contribution in [1.82, 2.24) is 5.32 Å². The summed E-state index contributed by atoms with van der Waals surface area (Å²) < 4.78 is 5.24. The Balaban J connectivity index is 2.66. The molecule has 0 aromatic heterocycles. The van der Waals surface area contributed by atoms with E-state index in [0.29, 0.717) is 17.6 Å². The summed E-state index contributed by atoms with van der Waals surface area (Å²) in [6.07, 6.45) is -0.217. The van der Waals surface area contributed by atoms with E-state index in [1.54, 1.807) is 18.2 Å². The van der Waals surface area contributed by atoms with Crippen LogP contribution in [0.15, 0.2) is 24.3 Å². The highest BCUT2D eigenvalue weighted by atomic mass is 16.5. The van der Waals surface area contributed by atoms with Gasteiger partial charge in [-0.3, -0.25) is 14.9 Å². The van der Waals surface area contributed by atoms with Gasteiger partial charge in [0.05, 0.1) is 0 Å². The lowest BCUT2D eigenvalue weighted by Gasteiger charge is -2.13. The van der Waals surface area contributed by atoms with Gasteiger partial charge < -0.3 is 10.5 Å². The first kappa shape index (κ1) is 12.7. The minimum absolute atomic E-state index is 0.363.